The van der Waals surface area contributed by atoms with Crippen LogP contribution in [0.1, 0.15) is 0 Å². The third-order valence-corrected chi connectivity index (χ3v) is 3.04. The van der Waals surface area contributed by atoms with Crippen molar-refractivity contribution in [3.63, 3.8) is 0 Å². The summed E-state index contributed by atoms with van der Waals surface area (Å²) in [6.07, 6.45) is 3.89. The molecular formula is C17H14N+. The van der Waals surface area contributed by atoms with E-state index >= 15 is 0 Å². The predicted molar refractivity (Wildman–Crippen MR) is 73.9 cm³/mol. The average molecular weight is 232 g/mol. The summed E-state index contributed by atoms with van der Waals surface area (Å²) in [6.45, 7) is 0. The first kappa shape index (κ1) is 10.7. The maximum atomic E-state index is 3.04. The highest BCUT2D eigenvalue weighted by Crippen LogP contribution is 2.23. The molecule has 0 unspecified atom stereocenters. The lowest BCUT2D eigenvalue weighted by atomic mass is 10.0. The standard InChI is InChI=1S/C17H13N/c1-2-4-14(5-3-1)15-6-8-16(9-7-15)17-10-12-18-13-11-17/h1-13H/p+1. The quantitative estimate of drug-likeness (QED) is 0.637. The van der Waals surface area contributed by atoms with Crippen LogP contribution in [0.25, 0.3) is 22.3 Å². The number of aromatic nitrogens is 1. The summed E-state index contributed by atoms with van der Waals surface area (Å²) in [7, 11) is 0. The molecule has 1 nitrogen and oxygen atoms in total. The number of nitrogens with one attached hydrogen (secondary N) is 1. The van der Waals surface area contributed by atoms with Crippen molar-refractivity contribution in [2.75, 3.05) is 0 Å². The summed E-state index contributed by atoms with van der Waals surface area (Å²) in [5.41, 5.74) is 4.98. The van der Waals surface area contributed by atoms with Crippen LogP contribution in [-0.4, -0.2) is 0 Å². The monoisotopic (exact) mass is 232 g/mol. The zero-order chi connectivity index (χ0) is 12.2. The predicted octanol–water partition coefficient (Wildman–Crippen LogP) is 3.83. The second kappa shape index (κ2) is 4.84. The van der Waals surface area contributed by atoms with Gasteiger partial charge in [-0.2, -0.15) is 0 Å². The van der Waals surface area contributed by atoms with Gasteiger partial charge < -0.3 is 0 Å². The molecule has 3 aromatic rings. The van der Waals surface area contributed by atoms with Gasteiger partial charge in [0, 0.05) is 12.1 Å². The third kappa shape index (κ3) is 2.16. The van der Waals surface area contributed by atoms with E-state index in [2.05, 4.69) is 65.6 Å². The number of hydrogen-bond acceptors (Lipinski definition) is 0. The highest BCUT2D eigenvalue weighted by Gasteiger charge is 2.00. The Kier molecular flexibility index (Phi) is 2.89. The molecule has 1 N–H and O–H groups in total. The first-order chi connectivity index (χ1) is 8.93. The van der Waals surface area contributed by atoms with Crippen molar-refractivity contribution in [3.8, 4) is 22.3 Å². The highest BCUT2D eigenvalue weighted by molar-refractivity contribution is 5.69. The number of aromatic amines is 1. The first-order valence-electron chi connectivity index (χ1n) is 6.05. The van der Waals surface area contributed by atoms with Gasteiger partial charge in [0.15, 0.2) is 12.4 Å². The van der Waals surface area contributed by atoms with Crippen LogP contribution in [0.5, 0.6) is 0 Å². The molecule has 1 heteroatoms. The van der Waals surface area contributed by atoms with Crippen LogP contribution in [0, 0.1) is 0 Å². The van der Waals surface area contributed by atoms with Crippen LogP contribution in [0.3, 0.4) is 0 Å². The SMILES string of the molecule is c1ccc(-c2ccc(-c3cc[nH+]cc3)cc2)cc1. The van der Waals surface area contributed by atoms with Crippen molar-refractivity contribution in [1.29, 1.82) is 0 Å². The molecule has 0 aliphatic heterocycles. The highest BCUT2D eigenvalue weighted by atomic mass is 14.6. The van der Waals surface area contributed by atoms with E-state index in [4.69, 9.17) is 0 Å². The molecule has 18 heavy (non-hydrogen) atoms. The van der Waals surface area contributed by atoms with E-state index in [1.807, 2.05) is 18.5 Å². The summed E-state index contributed by atoms with van der Waals surface area (Å²) in [5.74, 6) is 0. The molecule has 0 aliphatic rings. The molecule has 0 saturated heterocycles. The van der Waals surface area contributed by atoms with Crippen LogP contribution in [0.15, 0.2) is 79.1 Å². The van der Waals surface area contributed by atoms with Crippen molar-refractivity contribution in [2.24, 2.45) is 0 Å². The normalized spacial score (nSPS) is 10.2. The van der Waals surface area contributed by atoms with Crippen molar-refractivity contribution < 1.29 is 4.98 Å². The topological polar surface area (TPSA) is 14.1 Å². The van der Waals surface area contributed by atoms with Crippen molar-refractivity contribution >= 4 is 0 Å². The van der Waals surface area contributed by atoms with Gasteiger partial charge in [-0.1, -0.05) is 54.6 Å². The fourth-order valence-electron chi connectivity index (χ4n) is 2.07. The molecular weight excluding hydrogens is 218 g/mol. The van der Waals surface area contributed by atoms with E-state index in [0.29, 0.717) is 0 Å². The van der Waals surface area contributed by atoms with Gasteiger partial charge in [-0.05, 0) is 22.3 Å². The summed E-state index contributed by atoms with van der Waals surface area (Å²) in [6, 6.07) is 23.3. The molecule has 0 bridgehead atoms. The minimum Gasteiger partial charge on any atom is -0.218 e. The Morgan fingerprint density at radius 3 is 1.44 bits per heavy atom. The largest absolute Gasteiger partial charge is 0.218 e. The molecule has 0 spiro atoms. The van der Waals surface area contributed by atoms with Gasteiger partial charge in [0.1, 0.15) is 0 Å². The molecule has 0 radical (unpaired) electrons. The Bertz CT molecular complexity index is 554. The first-order valence-corrected chi connectivity index (χ1v) is 6.05. The van der Waals surface area contributed by atoms with Gasteiger partial charge >= 0.3 is 0 Å². The lowest BCUT2D eigenvalue weighted by Gasteiger charge is -2.03. The Balaban J connectivity index is 1.95. The van der Waals surface area contributed by atoms with Gasteiger partial charge in [-0.3, -0.25) is 0 Å². The minimum atomic E-state index is 1.23. The molecule has 0 atom stereocenters. The Hall–Kier alpha value is -2.41. The van der Waals surface area contributed by atoms with E-state index in [1.165, 1.54) is 22.3 Å². The second-order valence-electron chi connectivity index (χ2n) is 4.23. The molecule has 1 aromatic heterocycles. The fourth-order valence-corrected chi connectivity index (χ4v) is 2.07. The van der Waals surface area contributed by atoms with Gasteiger partial charge in [-0.15, -0.1) is 0 Å². The number of H-pyrrole nitrogens is 1. The van der Waals surface area contributed by atoms with Crippen molar-refractivity contribution in [2.45, 2.75) is 0 Å². The third-order valence-electron chi connectivity index (χ3n) is 3.04. The van der Waals surface area contributed by atoms with E-state index in [0.717, 1.165) is 0 Å². The summed E-state index contributed by atoms with van der Waals surface area (Å²) in [5, 5.41) is 0. The van der Waals surface area contributed by atoms with Crippen LogP contribution < -0.4 is 4.98 Å². The van der Waals surface area contributed by atoms with Crippen molar-refractivity contribution in [1.82, 2.24) is 0 Å². The smallest absolute Gasteiger partial charge is 0.167 e. The molecule has 0 aliphatic carbocycles. The zero-order valence-electron chi connectivity index (χ0n) is 10.0. The molecule has 0 saturated carbocycles. The molecule has 0 amide bonds. The van der Waals surface area contributed by atoms with Gasteiger partial charge in [0.05, 0.1) is 0 Å². The number of pyridine rings is 1. The Labute approximate surface area is 107 Å². The molecule has 3 rings (SSSR count). The van der Waals surface area contributed by atoms with Gasteiger partial charge in [0.2, 0.25) is 0 Å². The van der Waals surface area contributed by atoms with Crippen LogP contribution >= 0.6 is 0 Å². The number of hydrogen-bond donors (Lipinski definition) is 0. The lowest BCUT2D eigenvalue weighted by Crippen LogP contribution is -1.96. The van der Waals surface area contributed by atoms with E-state index in [9.17, 15) is 0 Å². The number of rotatable bonds is 2. The zero-order valence-corrected chi connectivity index (χ0v) is 10.0. The van der Waals surface area contributed by atoms with Gasteiger partial charge in [-0.25, -0.2) is 4.98 Å². The van der Waals surface area contributed by atoms with E-state index in [1.54, 1.807) is 0 Å². The van der Waals surface area contributed by atoms with Crippen LogP contribution in [-0.2, 0) is 0 Å². The summed E-state index contributed by atoms with van der Waals surface area (Å²) in [4.78, 5) is 3.04. The average Bonchev–Trinajstić information content (AvgIpc) is 2.49. The van der Waals surface area contributed by atoms with E-state index < -0.39 is 0 Å². The molecule has 86 valence electrons. The maximum absolute atomic E-state index is 3.04. The fraction of sp³-hybridized carbons (Fsp3) is 0. The minimum absolute atomic E-state index is 1.23. The van der Waals surface area contributed by atoms with Crippen molar-refractivity contribution in [3.05, 3.63) is 79.1 Å². The number of benzene rings is 2. The summed E-state index contributed by atoms with van der Waals surface area (Å²) >= 11 is 0. The Morgan fingerprint density at radius 1 is 0.444 bits per heavy atom. The molecule has 1 heterocycles. The maximum Gasteiger partial charge on any atom is 0.167 e. The second-order valence-corrected chi connectivity index (χ2v) is 4.23. The lowest BCUT2D eigenvalue weighted by molar-refractivity contribution is -0.377. The van der Waals surface area contributed by atoms with Crippen LogP contribution in [0.2, 0.25) is 0 Å². The Morgan fingerprint density at radius 2 is 0.889 bits per heavy atom. The van der Waals surface area contributed by atoms with Gasteiger partial charge in [0.25, 0.3) is 0 Å². The molecule has 0 fully saturated rings. The van der Waals surface area contributed by atoms with E-state index in [-0.39, 0.29) is 0 Å². The van der Waals surface area contributed by atoms with Crippen LogP contribution in [0.4, 0.5) is 0 Å². The molecule has 2 aromatic carbocycles. The summed E-state index contributed by atoms with van der Waals surface area (Å²) < 4.78 is 0.